The molecular formula is C10H10ClNO2. The summed E-state index contributed by atoms with van der Waals surface area (Å²) >= 11 is 5.81. The van der Waals surface area contributed by atoms with Crippen LogP contribution in [0.3, 0.4) is 0 Å². The van der Waals surface area contributed by atoms with Gasteiger partial charge in [0.1, 0.15) is 6.61 Å². The van der Waals surface area contributed by atoms with Gasteiger partial charge >= 0.3 is 6.09 Å². The van der Waals surface area contributed by atoms with Gasteiger partial charge in [-0.05, 0) is 12.1 Å². The molecule has 0 aliphatic rings. The Morgan fingerprint density at radius 2 is 2.29 bits per heavy atom. The summed E-state index contributed by atoms with van der Waals surface area (Å²) in [5.41, 5.74) is 0.531. The summed E-state index contributed by atoms with van der Waals surface area (Å²) in [6, 6.07) is 6.93. The second kappa shape index (κ2) is 5.29. The van der Waals surface area contributed by atoms with E-state index in [4.69, 9.17) is 16.3 Å². The number of anilines is 1. The molecule has 1 N–H and O–H groups in total. The SMILES string of the molecule is C=CCOC(=O)Nc1ccccc1Cl. The van der Waals surface area contributed by atoms with E-state index in [2.05, 4.69) is 11.9 Å². The van der Waals surface area contributed by atoms with E-state index in [0.29, 0.717) is 10.7 Å². The molecule has 0 unspecified atom stereocenters. The average Bonchev–Trinajstić information content (AvgIpc) is 2.18. The zero-order chi connectivity index (χ0) is 10.4. The maximum absolute atomic E-state index is 11.1. The topological polar surface area (TPSA) is 38.3 Å². The molecule has 0 saturated carbocycles. The van der Waals surface area contributed by atoms with Crippen molar-refractivity contribution in [1.82, 2.24) is 0 Å². The fourth-order valence-electron chi connectivity index (χ4n) is 0.843. The summed E-state index contributed by atoms with van der Waals surface area (Å²) in [7, 11) is 0. The van der Waals surface area contributed by atoms with Crippen LogP contribution in [0, 0.1) is 0 Å². The number of rotatable bonds is 3. The maximum Gasteiger partial charge on any atom is 0.411 e. The minimum atomic E-state index is -0.544. The number of hydrogen-bond donors (Lipinski definition) is 1. The molecule has 4 heteroatoms. The Morgan fingerprint density at radius 1 is 1.57 bits per heavy atom. The number of halogens is 1. The number of amides is 1. The lowest BCUT2D eigenvalue weighted by Crippen LogP contribution is -2.13. The van der Waals surface area contributed by atoms with Crippen LogP contribution in [-0.4, -0.2) is 12.7 Å². The first-order valence-corrected chi connectivity index (χ1v) is 4.41. The van der Waals surface area contributed by atoms with Gasteiger partial charge < -0.3 is 4.74 Å². The summed E-state index contributed by atoms with van der Waals surface area (Å²) < 4.78 is 4.72. The Hall–Kier alpha value is -1.48. The van der Waals surface area contributed by atoms with E-state index in [-0.39, 0.29) is 6.61 Å². The first-order chi connectivity index (χ1) is 6.74. The molecule has 1 rings (SSSR count). The van der Waals surface area contributed by atoms with Gasteiger partial charge in [0.25, 0.3) is 0 Å². The third kappa shape index (κ3) is 3.11. The third-order valence-electron chi connectivity index (χ3n) is 1.44. The highest BCUT2D eigenvalue weighted by molar-refractivity contribution is 6.33. The van der Waals surface area contributed by atoms with E-state index in [9.17, 15) is 4.79 Å². The van der Waals surface area contributed by atoms with Crippen LogP contribution in [0.5, 0.6) is 0 Å². The highest BCUT2D eigenvalue weighted by atomic mass is 35.5. The molecule has 1 aromatic carbocycles. The molecule has 14 heavy (non-hydrogen) atoms. The second-order valence-corrected chi connectivity index (χ2v) is 2.90. The molecule has 0 radical (unpaired) electrons. The number of ether oxygens (including phenoxy) is 1. The van der Waals surface area contributed by atoms with Crippen molar-refractivity contribution in [3.05, 3.63) is 41.9 Å². The van der Waals surface area contributed by atoms with Crippen molar-refractivity contribution in [1.29, 1.82) is 0 Å². The number of nitrogens with one attached hydrogen (secondary N) is 1. The Labute approximate surface area is 87.3 Å². The second-order valence-electron chi connectivity index (χ2n) is 2.49. The lowest BCUT2D eigenvalue weighted by molar-refractivity contribution is 0.174. The first-order valence-electron chi connectivity index (χ1n) is 4.03. The molecule has 1 aromatic rings. The normalized spacial score (nSPS) is 9.21. The Kier molecular flexibility index (Phi) is 4.01. The summed E-state index contributed by atoms with van der Waals surface area (Å²) in [6.07, 6.45) is 0.949. The molecule has 0 saturated heterocycles. The van der Waals surface area contributed by atoms with Crippen molar-refractivity contribution < 1.29 is 9.53 Å². The van der Waals surface area contributed by atoms with E-state index in [1.54, 1.807) is 24.3 Å². The molecule has 74 valence electrons. The molecule has 0 atom stereocenters. The Bertz CT molecular complexity index is 339. The van der Waals surface area contributed by atoms with Gasteiger partial charge in [-0.1, -0.05) is 36.4 Å². The van der Waals surface area contributed by atoms with Crippen molar-refractivity contribution in [2.24, 2.45) is 0 Å². The highest BCUT2D eigenvalue weighted by Gasteiger charge is 2.04. The van der Waals surface area contributed by atoms with Crippen LogP contribution in [0.1, 0.15) is 0 Å². The van der Waals surface area contributed by atoms with E-state index < -0.39 is 6.09 Å². The third-order valence-corrected chi connectivity index (χ3v) is 1.77. The predicted octanol–water partition coefficient (Wildman–Crippen LogP) is 3.07. The van der Waals surface area contributed by atoms with Gasteiger partial charge in [-0.2, -0.15) is 0 Å². The van der Waals surface area contributed by atoms with Gasteiger partial charge in [0.15, 0.2) is 0 Å². The summed E-state index contributed by atoms with van der Waals surface area (Å²) in [5.74, 6) is 0. The quantitative estimate of drug-likeness (QED) is 0.781. The van der Waals surface area contributed by atoms with Crippen LogP contribution < -0.4 is 5.32 Å². The molecule has 3 nitrogen and oxygen atoms in total. The van der Waals surface area contributed by atoms with Gasteiger partial charge in [-0.15, -0.1) is 0 Å². The minimum Gasteiger partial charge on any atom is -0.445 e. The fourth-order valence-corrected chi connectivity index (χ4v) is 1.03. The number of carbonyl (C=O) groups is 1. The molecular weight excluding hydrogens is 202 g/mol. The van der Waals surface area contributed by atoms with E-state index in [1.807, 2.05) is 0 Å². The summed E-state index contributed by atoms with van der Waals surface area (Å²) in [5, 5.41) is 2.98. The molecule has 0 aliphatic carbocycles. The number of para-hydroxylation sites is 1. The number of hydrogen-bond acceptors (Lipinski definition) is 2. The Balaban J connectivity index is 2.56. The van der Waals surface area contributed by atoms with Crippen molar-refractivity contribution in [3.63, 3.8) is 0 Å². The van der Waals surface area contributed by atoms with Crippen molar-refractivity contribution in [2.75, 3.05) is 11.9 Å². The monoisotopic (exact) mass is 211 g/mol. The largest absolute Gasteiger partial charge is 0.445 e. The van der Waals surface area contributed by atoms with Crippen LogP contribution in [-0.2, 0) is 4.74 Å². The first kappa shape index (κ1) is 10.6. The highest BCUT2D eigenvalue weighted by Crippen LogP contribution is 2.20. The smallest absolute Gasteiger partial charge is 0.411 e. The summed E-state index contributed by atoms with van der Waals surface area (Å²) in [6.45, 7) is 3.60. The van der Waals surface area contributed by atoms with Crippen LogP contribution >= 0.6 is 11.6 Å². The van der Waals surface area contributed by atoms with Gasteiger partial charge in [0, 0.05) is 0 Å². The molecule has 0 aromatic heterocycles. The molecule has 1 amide bonds. The van der Waals surface area contributed by atoms with Crippen molar-refractivity contribution in [2.45, 2.75) is 0 Å². The van der Waals surface area contributed by atoms with Crippen LogP contribution in [0.25, 0.3) is 0 Å². The van der Waals surface area contributed by atoms with Crippen LogP contribution in [0.4, 0.5) is 10.5 Å². The zero-order valence-corrected chi connectivity index (χ0v) is 8.25. The van der Waals surface area contributed by atoms with E-state index >= 15 is 0 Å². The fraction of sp³-hybridized carbons (Fsp3) is 0.100. The van der Waals surface area contributed by atoms with E-state index in [0.717, 1.165) is 0 Å². The molecule has 0 aliphatic heterocycles. The van der Waals surface area contributed by atoms with Crippen molar-refractivity contribution in [3.8, 4) is 0 Å². The predicted molar refractivity (Wildman–Crippen MR) is 56.6 cm³/mol. The van der Waals surface area contributed by atoms with Crippen LogP contribution in [0.15, 0.2) is 36.9 Å². The molecule has 0 heterocycles. The standard InChI is InChI=1S/C10H10ClNO2/c1-2-7-14-10(13)12-9-6-4-3-5-8(9)11/h2-6H,1,7H2,(H,12,13). The summed E-state index contributed by atoms with van der Waals surface area (Å²) in [4.78, 5) is 11.1. The minimum absolute atomic E-state index is 0.177. The maximum atomic E-state index is 11.1. The lowest BCUT2D eigenvalue weighted by atomic mass is 10.3. The van der Waals surface area contributed by atoms with E-state index in [1.165, 1.54) is 6.08 Å². The number of carbonyl (C=O) groups excluding carboxylic acids is 1. The molecule has 0 bridgehead atoms. The lowest BCUT2D eigenvalue weighted by Gasteiger charge is -2.06. The van der Waals surface area contributed by atoms with Gasteiger partial charge in [-0.25, -0.2) is 4.79 Å². The molecule has 0 fully saturated rings. The van der Waals surface area contributed by atoms with Crippen LogP contribution in [0.2, 0.25) is 5.02 Å². The van der Waals surface area contributed by atoms with Gasteiger partial charge in [0.05, 0.1) is 10.7 Å². The molecule has 0 spiro atoms. The van der Waals surface area contributed by atoms with Gasteiger partial charge in [0.2, 0.25) is 0 Å². The Morgan fingerprint density at radius 3 is 2.93 bits per heavy atom. The zero-order valence-electron chi connectivity index (χ0n) is 7.50. The van der Waals surface area contributed by atoms with Gasteiger partial charge in [-0.3, -0.25) is 5.32 Å². The van der Waals surface area contributed by atoms with Crippen molar-refractivity contribution >= 4 is 23.4 Å². The average molecular weight is 212 g/mol. The number of benzene rings is 1.